The predicted octanol–water partition coefficient (Wildman–Crippen LogP) is 4.87. The summed E-state index contributed by atoms with van der Waals surface area (Å²) >= 11 is 5.73. The highest BCUT2D eigenvalue weighted by atomic mass is 35.5. The third kappa shape index (κ3) is 5.02. The minimum atomic E-state index is -0.167. The van der Waals surface area contributed by atoms with E-state index < -0.39 is 0 Å². The van der Waals surface area contributed by atoms with Gasteiger partial charge in [0, 0.05) is 17.0 Å². The smallest absolute Gasteiger partial charge is 0.185 e. The number of phenols is 1. The Kier molecular flexibility index (Phi) is 7.10. The number of rotatable bonds is 8. The minimum Gasteiger partial charge on any atom is -0.508 e. The minimum absolute atomic E-state index is 0.0237. The maximum Gasteiger partial charge on any atom is 0.185 e. The number of hydrogen-bond acceptors (Lipinski definition) is 4. The van der Waals surface area contributed by atoms with E-state index in [1.54, 1.807) is 25.3 Å². The third-order valence-electron chi connectivity index (χ3n) is 3.72. The lowest BCUT2D eigenvalue weighted by Gasteiger charge is -2.15. The summed E-state index contributed by atoms with van der Waals surface area (Å²) in [4.78, 5) is 12.5. The molecule has 0 unspecified atom stereocenters. The lowest BCUT2D eigenvalue weighted by molar-refractivity contribution is 0.104. The van der Waals surface area contributed by atoms with Gasteiger partial charge in [0.25, 0.3) is 0 Å². The molecule has 4 nitrogen and oxygen atoms in total. The molecule has 5 heteroatoms. The molecular weight excluding hydrogens is 352 g/mol. The predicted molar refractivity (Wildman–Crippen MR) is 105 cm³/mol. The van der Waals surface area contributed by atoms with Gasteiger partial charge in [-0.05, 0) is 62.2 Å². The Hall–Kier alpha value is -2.46. The van der Waals surface area contributed by atoms with Crippen molar-refractivity contribution in [2.24, 2.45) is 0 Å². The van der Waals surface area contributed by atoms with E-state index >= 15 is 0 Å². The highest BCUT2D eigenvalue weighted by Crippen LogP contribution is 2.33. The number of alkyl halides is 1. The van der Waals surface area contributed by atoms with Crippen LogP contribution in [0.2, 0.25) is 0 Å². The zero-order valence-electron chi connectivity index (χ0n) is 15.2. The summed E-state index contributed by atoms with van der Waals surface area (Å²) in [5.74, 6) is 1.57. The van der Waals surface area contributed by atoms with Crippen molar-refractivity contribution in [1.82, 2.24) is 0 Å². The van der Waals surface area contributed by atoms with E-state index in [2.05, 4.69) is 0 Å². The second kappa shape index (κ2) is 9.30. The van der Waals surface area contributed by atoms with Crippen molar-refractivity contribution in [3.63, 3.8) is 0 Å². The highest BCUT2D eigenvalue weighted by molar-refractivity contribution is 6.18. The number of ether oxygens (including phenoxy) is 2. The van der Waals surface area contributed by atoms with Crippen molar-refractivity contribution in [1.29, 1.82) is 0 Å². The fourth-order valence-corrected chi connectivity index (χ4v) is 2.69. The molecule has 0 atom stereocenters. The maximum atomic E-state index is 12.5. The van der Waals surface area contributed by atoms with E-state index in [1.807, 2.05) is 32.0 Å². The van der Waals surface area contributed by atoms with Gasteiger partial charge < -0.3 is 14.6 Å². The fraction of sp³-hybridized carbons (Fsp3) is 0.286. The Morgan fingerprint density at radius 2 is 2.04 bits per heavy atom. The number of carbonyl (C=O) groups is 1. The van der Waals surface area contributed by atoms with E-state index in [0.29, 0.717) is 34.9 Å². The number of para-hydroxylation sites is 1. The van der Waals surface area contributed by atoms with Gasteiger partial charge in [0.15, 0.2) is 17.3 Å². The summed E-state index contributed by atoms with van der Waals surface area (Å²) in [6.45, 7) is 3.86. The van der Waals surface area contributed by atoms with Gasteiger partial charge in [0.1, 0.15) is 5.75 Å². The average Bonchev–Trinajstić information content (AvgIpc) is 2.62. The van der Waals surface area contributed by atoms with Crippen LogP contribution in [0.5, 0.6) is 17.2 Å². The van der Waals surface area contributed by atoms with Crippen LogP contribution in [0.25, 0.3) is 6.08 Å². The van der Waals surface area contributed by atoms with Gasteiger partial charge in [-0.2, -0.15) is 0 Å². The van der Waals surface area contributed by atoms with Gasteiger partial charge in [0.05, 0.1) is 13.2 Å². The van der Waals surface area contributed by atoms with Crippen LogP contribution in [0.3, 0.4) is 0 Å². The van der Waals surface area contributed by atoms with E-state index in [4.69, 9.17) is 21.1 Å². The number of hydrogen-bond donors (Lipinski definition) is 1. The zero-order chi connectivity index (χ0) is 19.1. The van der Waals surface area contributed by atoms with E-state index in [9.17, 15) is 9.90 Å². The van der Waals surface area contributed by atoms with Crippen molar-refractivity contribution in [3.8, 4) is 17.2 Å². The number of halogens is 1. The molecule has 26 heavy (non-hydrogen) atoms. The van der Waals surface area contributed by atoms with Gasteiger partial charge >= 0.3 is 0 Å². The SMILES string of the molecule is COc1cccc(C=CC(=O)c2ccc(O)c(CCCl)c2)c1OC(C)C. The Morgan fingerprint density at radius 3 is 2.69 bits per heavy atom. The highest BCUT2D eigenvalue weighted by Gasteiger charge is 2.12. The number of allylic oxidation sites excluding steroid dienone is 1. The van der Waals surface area contributed by atoms with E-state index in [-0.39, 0.29) is 17.6 Å². The molecule has 0 aliphatic carbocycles. The lowest BCUT2D eigenvalue weighted by atomic mass is 10.0. The number of aromatic hydroxyl groups is 1. The Labute approximate surface area is 159 Å². The van der Waals surface area contributed by atoms with Crippen LogP contribution in [-0.2, 0) is 6.42 Å². The fourth-order valence-electron chi connectivity index (χ4n) is 2.49. The van der Waals surface area contributed by atoms with Gasteiger partial charge in [-0.3, -0.25) is 4.79 Å². The summed E-state index contributed by atoms with van der Waals surface area (Å²) in [5.41, 5.74) is 1.91. The molecule has 0 radical (unpaired) electrons. The Balaban J connectivity index is 2.29. The van der Waals surface area contributed by atoms with Crippen LogP contribution in [-0.4, -0.2) is 30.0 Å². The second-order valence-corrected chi connectivity index (χ2v) is 6.40. The molecule has 0 heterocycles. The van der Waals surface area contributed by atoms with Gasteiger partial charge in [-0.15, -0.1) is 11.6 Å². The molecule has 1 N–H and O–H groups in total. The Morgan fingerprint density at radius 1 is 1.27 bits per heavy atom. The van der Waals surface area contributed by atoms with E-state index in [0.717, 1.165) is 5.56 Å². The van der Waals surface area contributed by atoms with Crippen LogP contribution in [0.4, 0.5) is 0 Å². The molecule has 0 aliphatic rings. The van der Waals surface area contributed by atoms with Crippen molar-refractivity contribution in [2.75, 3.05) is 13.0 Å². The molecule has 0 aromatic heterocycles. The average molecular weight is 375 g/mol. The summed E-state index contributed by atoms with van der Waals surface area (Å²) < 4.78 is 11.2. The number of benzene rings is 2. The molecule has 2 aromatic rings. The molecule has 0 fully saturated rings. The topological polar surface area (TPSA) is 55.8 Å². The molecule has 0 spiro atoms. The molecular formula is C21H23ClO4. The van der Waals surface area contributed by atoms with Crippen LogP contribution < -0.4 is 9.47 Å². The summed E-state index contributed by atoms with van der Waals surface area (Å²) in [5, 5.41) is 9.82. The summed E-state index contributed by atoms with van der Waals surface area (Å²) in [7, 11) is 1.58. The van der Waals surface area contributed by atoms with Crippen LogP contribution >= 0.6 is 11.6 Å². The maximum absolute atomic E-state index is 12.5. The summed E-state index contributed by atoms with van der Waals surface area (Å²) in [6, 6.07) is 10.3. The van der Waals surface area contributed by atoms with E-state index in [1.165, 1.54) is 12.1 Å². The number of aryl methyl sites for hydroxylation is 1. The second-order valence-electron chi connectivity index (χ2n) is 6.03. The molecule has 0 amide bonds. The molecule has 0 bridgehead atoms. The van der Waals surface area contributed by atoms with Crippen LogP contribution in [0, 0.1) is 0 Å². The number of methoxy groups -OCH3 is 1. The molecule has 0 aliphatic heterocycles. The first kappa shape index (κ1) is 19.9. The number of ketones is 1. The van der Waals surface area contributed by atoms with Crippen LogP contribution in [0.1, 0.15) is 35.3 Å². The first-order valence-corrected chi connectivity index (χ1v) is 8.93. The Bertz CT molecular complexity index is 797. The largest absolute Gasteiger partial charge is 0.508 e. The van der Waals surface area contributed by atoms with Crippen molar-refractivity contribution in [2.45, 2.75) is 26.4 Å². The molecule has 2 rings (SSSR count). The number of phenolic OH excluding ortho intramolecular Hbond substituents is 1. The van der Waals surface area contributed by atoms with Crippen molar-refractivity contribution < 1.29 is 19.4 Å². The van der Waals surface area contributed by atoms with Gasteiger partial charge in [-0.25, -0.2) is 0 Å². The normalized spacial score (nSPS) is 11.1. The van der Waals surface area contributed by atoms with Gasteiger partial charge in [0.2, 0.25) is 0 Å². The molecule has 0 saturated carbocycles. The van der Waals surface area contributed by atoms with Gasteiger partial charge in [-0.1, -0.05) is 12.1 Å². The zero-order valence-corrected chi connectivity index (χ0v) is 15.9. The standard InChI is InChI=1S/C21H23ClO4/c1-14(2)26-21-15(5-4-6-20(21)25-3)7-9-18(23)16-8-10-19(24)17(13-16)11-12-22/h4-10,13-14,24H,11-12H2,1-3H3. The summed E-state index contributed by atoms with van der Waals surface area (Å²) in [6.07, 6.45) is 3.67. The van der Waals surface area contributed by atoms with Crippen molar-refractivity contribution >= 4 is 23.5 Å². The quantitative estimate of drug-likeness (QED) is 0.407. The number of carbonyl (C=O) groups excluding carboxylic acids is 1. The lowest BCUT2D eigenvalue weighted by Crippen LogP contribution is -2.08. The van der Waals surface area contributed by atoms with Crippen LogP contribution in [0.15, 0.2) is 42.5 Å². The molecule has 2 aromatic carbocycles. The first-order chi connectivity index (χ1) is 12.5. The van der Waals surface area contributed by atoms with Crippen molar-refractivity contribution in [3.05, 3.63) is 59.2 Å². The molecule has 0 saturated heterocycles. The monoisotopic (exact) mass is 374 g/mol. The third-order valence-corrected chi connectivity index (χ3v) is 3.91. The first-order valence-electron chi connectivity index (χ1n) is 8.40. The molecule has 138 valence electrons.